The van der Waals surface area contributed by atoms with E-state index in [0.29, 0.717) is 6.54 Å². The Morgan fingerprint density at radius 1 is 1.26 bits per heavy atom. The summed E-state index contributed by atoms with van der Waals surface area (Å²) in [5.74, 6) is 0.925. The normalized spacial score (nSPS) is 17.1. The Kier molecular flexibility index (Phi) is 5.20. The van der Waals surface area contributed by atoms with Crippen molar-refractivity contribution >= 4 is 17.4 Å². The number of nitrogens with one attached hydrogen (secondary N) is 1. The van der Waals surface area contributed by atoms with Crippen molar-refractivity contribution < 1.29 is 4.79 Å². The van der Waals surface area contributed by atoms with Crippen LogP contribution in [0.2, 0.25) is 0 Å². The van der Waals surface area contributed by atoms with Crippen molar-refractivity contribution in [2.24, 2.45) is 0 Å². The number of benzene rings is 1. The fourth-order valence-corrected chi connectivity index (χ4v) is 4.42. The molecule has 2 aromatic heterocycles. The zero-order valence-electron chi connectivity index (χ0n) is 15.3. The molecule has 1 aliphatic heterocycles. The van der Waals surface area contributed by atoms with Gasteiger partial charge in [0.25, 0.3) is 0 Å². The van der Waals surface area contributed by atoms with Crippen LogP contribution in [0.4, 0.5) is 4.79 Å². The summed E-state index contributed by atoms with van der Waals surface area (Å²) >= 11 is 1.62. The average Bonchev–Trinajstić information content (AvgIpc) is 3.38. The van der Waals surface area contributed by atoms with E-state index < -0.39 is 0 Å². The van der Waals surface area contributed by atoms with Gasteiger partial charge in [0.15, 0.2) is 0 Å². The van der Waals surface area contributed by atoms with Gasteiger partial charge in [0.2, 0.25) is 0 Å². The zero-order valence-corrected chi connectivity index (χ0v) is 16.2. The number of aryl methyl sites for hydroxylation is 1. The summed E-state index contributed by atoms with van der Waals surface area (Å²) in [6.07, 6.45) is 8.70. The first-order valence-electron chi connectivity index (χ1n) is 9.26. The van der Waals surface area contributed by atoms with Crippen LogP contribution in [0.25, 0.3) is 5.69 Å². The molecule has 0 bridgehead atoms. The van der Waals surface area contributed by atoms with Crippen molar-refractivity contribution in [3.05, 3.63) is 64.6 Å². The van der Waals surface area contributed by atoms with Crippen molar-refractivity contribution in [1.82, 2.24) is 24.8 Å². The summed E-state index contributed by atoms with van der Waals surface area (Å²) < 4.78 is 2.04. The highest BCUT2D eigenvalue weighted by atomic mass is 32.1. The van der Waals surface area contributed by atoms with Gasteiger partial charge < -0.3 is 14.8 Å². The number of amides is 2. The molecule has 0 saturated carbocycles. The van der Waals surface area contributed by atoms with Gasteiger partial charge in [-0.25, -0.2) is 14.8 Å². The lowest BCUT2D eigenvalue weighted by Gasteiger charge is -2.34. The zero-order chi connectivity index (χ0) is 18.6. The van der Waals surface area contributed by atoms with Gasteiger partial charge in [0, 0.05) is 37.1 Å². The SMILES string of the molecule is Cc1nccn1-c1ccccc1CNC(=O)N1CCCC[C@H]1c1nccs1. The van der Waals surface area contributed by atoms with Crippen LogP contribution >= 0.6 is 11.3 Å². The molecule has 3 aromatic rings. The van der Waals surface area contributed by atoms with E-state index in [2.05, 4.69) is 21.4 Å². The molecule has 0 unspecified atom stereocenters. The van der Waals surface area contributed by atoms with E-state index in [0.717, 1.165) is 47.9 Å². The quantitative estimate of drug-likeness (QED) is 0.741. The first-order valence-corrected chi connectivity index (χ1v) is 10.1. The molecule has 2 amide bonds. The van der Waals surface area contributed by atoms with Gasteiger partial charge in [-0.05, 0) is 37.8 Å². The van der Waals surface area contributed by atoms with Crippen LogP contribution in [0.5, 0.6) is 0 Å². The molecule has 0 aliphatic carbocycles. The third kappa shape index (κ3) is 3.73. The Bertz CT molecular complexity index is 905. The molecule has 1 aliphatic rings. The second-order valence-electron chi connectivity index (χ2n) is 6.71. The molecule has 4 rings (SSSR count). The van der Waals surface area contributed by atoms with E-state index in [1.807, 2.05) is 52.4 Å². The van der Waals surface area contributed by atoms with Gasteiger partial charge >= 0.3 is 6.03 Å². The van der Waals surface area contributed by atoms with Gasteiger partial charge in [0.1, 0.15) is 10.8 Å². The van der Waals surface area contributed by atoms with E-state index in [9.17, 15) is 4.79 Å². The van der Waals surface area contributed by atoms with Crippen LogP contribution in [-0.2, 0) is 6.54 Å². The molecule has 6 nitrogen and oxygen atoms in total. The van der Waals surface area contributed by atoms with Crippen LogP contribution in [0.1, 0.15) is 41.7 Å². The maximum Gasteiger partial charge on any atom is 0.318 e. The fourth-order valence-electron chi connectivity index (χ4n) is 3.63. The second-order valence-corrected chi connectivity index (χ2v) is 7.63. The van der Waals surface area contributed by atoms with Crippen LogP contribution in [0, 0.1) is 6.92 Å². The van der Waals surface area contributed by atoms with Crippen LogP contribution < -0.4 is 5.32 Å². The lowest BCUT2D eigenvalue weighted by atomic mass is 10.0. The lowest BCUT2D eigenvalue weighted by Crippen LogP contribution is -2.44. The van der Waals surface area contributed by atoms with Crippen molar-refractivity contribution in [1.29, 1.82) is 0 Å². The predicted octanol–water partition coefficient (Wildman–Crippen LogP) is 4.07. The fraction of sp³-hybridized carbons (Fsp3) is 0.350. The number of hydrogen-bond acceptors (Lipinski definition) is 4. The number of hydrogen-bond donors (Lipinski definition) is 1. The van der Waals surface area contributed by atoms with E-state index in [1.165, 1.54) is 0 Å². The smallest absolute Gasteiger partial charge is 0.318 e. The molecule has 1 fully saturated rings. The van der Waals surface area contributed by atoms with Gasteiger partial charge in [0.05, 0.1) is 11.7 Å². The minimum atomic E-state index is -0.0212. The number of piperidine rings is 1. The third-order valence-electron chi connectivity index (χ3n) is 5.01. The number of para-hydroxylation sites is 1. The minimum absolute atomic E-state index is 0.0212. The summed E-state index contributed by atoms with van der Waals surface area (Å²) in [6.45, 7) is 3.23. The molecule has 7 heteroatoms. The highest BCUT2D eigenvalue weighted by Gasteiger charge is 2.29. The summed E-state index contributed by atoms with van der Waals surface area (Å²) in [7, 11) is 0. The number of nitrogens with zero attached hydrogens (tertiary/aromatic N) is 4. The molecule has 0 spiro atoms. The molecule has 140 valence electrons. The van der Waals surface area contributed by atoms with Gasteiger partial charge in [-0.3, -0.25) is 0 Å². The maximum atomic E-state index is 12.9. The largest absolute Gasteiger partial charge is 0.334 e. The van der Waals surface area contributed by atoms with Gasteiger partial charge in [-0.2, -0.15) is 0 Å². The molecule has 0 radical (unpaired) electrons. The Morgan fingerprint density at radius 2 is 2.15 bits per heavy atom. The summed E-state index contributed by atoms with van der Waals surface area (Å²) in [6, 6.07) is 8.16. The maximum absolute atomic E-state index is 12.9. The summed E-state index contributed by atoms with van der Waals surface area (Å²) in [5, 5.41) is 6.12. The summed E-state index contributed by atoms with van der Waals surface area (Å²) in [4.78, 5) is 23.6. The molecule has 1 atom stereocenters. The molecular formula is C20H23N5OS. The second kappa shape index (κ2) is 7.92. The Morgan fingerprint density at radius 3 is 2.93 bits per heavy atom. The van der Waals surface area contributed by atoms with Crippen LogP contribution in [0.15, 0.2) is 48.2 Å². The number of carbonyl (C=O) groups excluding carboxylic acids is 1. The number of rotatable bonds is 4. The number of aromatic nitrogens is 3. The van der Waals surface area contributed by atoms with Crippen molar-refractivity contribution in [2.45, 2.75) is 38.8 Å². The Balaban J connectivity index is 1.49. The molecule has 1 saturated heterocycles. The van der Waals surface area contributed by atoms with E-state index in [1.54, 1.807) is 17.5 Å². The lowest BCUT2D eigenvalue weighted by molar-refractivity contribution is 0.151. The van der Waals surface area contributed by atoms with Crippen molar-refractivity contribution in [3.63, 3.8) is 0 Å². The highest BCUT2D eigenvalue weighted by Crippen LogP contribution is 2.32. The first-order chi connectivity index (χ1) is 13.2. The van der Waals surface area contributed by atoms with Crippen molar-refractivity contribution in [2.75, 3.05) is 6.54 Å². The third-order valence-corrected chi connectivity index (χ3v) is 5.88. The predicted molar refractivity (Wildman–Crippen MR) is 106 cm³/mol. The number of thiazole rings is 1. The Hall–Kier alpha value is -2.67. The number of likely N-dealkylation sites (tertiary alicyclic amines) is 1. The standard InChI is InChI=1S/C20H23N5OS/c1-15-21-9-12-24(15)17-7-3-2-6-16(17)14-23-20(26)25-11-5-4-8-18(25)19-22-10-13-27-19/h2-3,6-7,9-10,12-13,18H,4-5,8,11,14H2,1H3,(H,23,26)/t18-/m0/s1. The Labute approximate surface area is 162 Å². The minimum Gasteiger partial charge on any atom is -0.334 e. The number of imidazole rings is 1. The number of urea groups is 1. The topological polar surface area (TPSA) is 63.1 Å². The molecule has 1 N–H and O–H groups in total. The van der Waals surface area contributed by atoms with Gasteiger partial charge in [-0.15, -0.1) is 11.3 Å². The first kappa shape index (κ1) is 17.7. The molecule has 27 heavy (non-hydrogen) atoms. The van der Waals surface area contributed by atoms with E-state index >= 15 is 0 Å². The van der Waals surface area contributed by atoms with Gasteiger partial charge in [-0.1, -0.05) is 18.2 Å². The molecule has 3 heterocycles. The van der Waals surface area contributed by atoms with E-state index in [-0.39, 0.29) is 12.1 Å². The van der Waals surface area contributed by atoms with Crippen LogP contribution in [-0.4, -0.2) is 32.0 Å². The van der Waals surface area contributed by atoms with Crippen molar-refractivity contribution in [3.8, 4) is 5.69 Å². The van der Waals surface area contributed by atoms with E-state index in [4.69, 9.17) is 0 Å². The van der Waals surface area contributed by atoms with Crippen LogP contribution in [0.3, 0.4) is 0 Å². The number of carbonyl (C=O) groups is 1. The summed E-state index contributed by atoms with van der Waals surface area (Å²) in [5.41, 5.74) is 2.11. The molecular weight excluding hydrogens is 358 g/mol. The average molecular weight is 382 g/mol. The molecule has 1 aromatic carbocycles. The highest BCUT2D eigenvalue weighted by molar-refractivity contribution is 7.09. The monoisotopic (exact) mass is 381 g/mol.